The number of hydrogen-bond donors (Lipinski definition) is 2. The van der Waals surface area contributed by atoms with E-state index >= 15 is 0 Å². The zero-order valence-electron chi connectivity index (χ0n) is 43.3. The van der Waals surface area contributed by atoms with Crippen molar-refractivity contribution in [1.29, 1.82) is 0 Å². The van der Waals surface area contributed by atoms with Crippen LogP contribution < -0.4 is 15.4 Å². The average molecular weight is 1030 g/mol. The van der Waals surface area contributed by atoms with Gasteiger partial charge in [0.25, 0.3) is 11.8 Å². The summed E-state index contributed by atoms with van der Waals surface area (Å²) in [6.07, 6.45) is 9.19. The van der Waals surface area contributed by atoms with E-state index in [0.29, 0.717) is 177 Å². The van der Waals surface area contributed by atoms with Crippen LogP contribution in [-0.4, -0.2) is 206 Å². The molecule has 2 heterocycles. The number of piperidine rings is 1. The van der Waals surface area contributed by atoms with E-state index in [1.807, 2.05) is 12.1 Å². The molecule has 0 radical (unpaired) electrons. The van der Waals surface area contributed by atoms with Gasteiger partial charge in [-0.05, 0) is 49.1 Å². The molecule has 73 heavy (non-hydrogen) atoms. The molecule has 0 aromatic heterocycles. The number of benzene rings is 2. The Morgan fingerprint density at radius 2 is 0.918 bits per heavy atom. The number of rotatable bonds is 49. The molecule has 2 aromatic rings. The van der Waals surface area contributed by atoms with Crippen LogP contribution in [0.3, 0.4) is 0 Å². The number of nitrogens with one attached hydrogen (secondary N) is 2. The van der Waals surface area contributed by atoms with Crippen molar-refractivity contribution >= 4 is 29.3 Å². The molecule has 2 aliphatic rings. The average Bonchev–Trinajstić information content (AvgIpc) is 3.65. The van der Waals surface area contributed by atoms with Crippen molar-refractivity contribution in [2.24, 2.45) is 0 Å². The molecule has 1 fully saturated rings. The summed E-state index contributed by atoms with van der Waals surface area (Å²) in [5, 5.41) is 5.34. The fourth-order valence-electron chi connectivity index (χ4n) is 7.52. The van der Waals surface area contributed by atoms with Crippen LogP contribution in [0.1, 0.15) is 84.6 Å². The molecular weight excluding hydrogens is 951 g/mol. The third-order valence-electron chi connectivity index (χ3n) is 11.4. The number of hydrogen-bond acceptors (Lipinski definition) is 18. The van der Waals surface area contributed by atoms with Crippen LogP contribution in [0.15, 0.2) is 42.5 Å². The molecule has 4 amide bonds. The fourth-order valence-corrected chi connectivity index (χ4v) is 7.52. The van der Waals surface area contributed by atoms with Gasteiger partial charge in [0, 0.05) is 18.7 Å². The van der Waals surface area contributed by atoms with Gasteiger partial charge < -0.3 is 66.9 Å². The molecule has 1 unspecified atom stereocenters. The van der Waals surface area contributed by atoms with Crippen molar-refractivity contribution in [3.8, 4) is 5.75 Å². The maximum Gasteiger partial charge on any atom is 0.264 e. The molecule has 2 aliphatic heterocycles. The summed E-state index contributed by atoms with van der Waals surface area (Å²) in [5.41, 5.74) is 2.27. The molecular formula is C53H83N3O17. The van der Waals surface area contributed by atoms with Crippen molar-refractivity contribution in [2.45, 2.75) is 70.8 Å². The first-order chi connectivity index (χ1) is 36.0. The molecule has 0 aliphatic carbocycles. The number of fused-ring (bicyclic) bond motifs is 1. The van der Waals surface area contributed by atoms with Crippen molar-refractivity contribution in [3.05, 3.63) is 59.2 Å². The molecule has 0 spiro atoms. The predicted molar refractivity (Wildman–Crippen MR) is 270 cm³/mol. The SMILES string of the molecule is CCCCCCCCc1ccc(OCCOCCOCCOCCOCCOCCOCCOCCOCCOCCOCCOCCOCCNc2cccc3c2C(=O)N(C2CCC(=O)NC2=O)C3=O)cc1. The first-order valence-corrected chi connectivity index (χ1v) is 26.2. The number of carbonyl (C=O) groups is 4. The second-order valence-electron chi connectivity index (χ2n) is 17.0. The highest BCUT2D eigenvalue weighted by Crippen LogP contribution is 2.32. The van der Waals surface area contributed by atoms with Crippen molar-refractivity contribution in [3.63, 3.8) is 0 Å². The third-order valence-corrected chi connectivity index (χ3v) is 11.4. The van der Waals surface area contributed by atoms with Crippen LogP contribution in [0.25, 0.3) is 0 Å². The molecule has 412 valence electrons. The normalized spacial score (nSPS) is 14.6. The van der Waals surface area contributed by atoms with Crippen LogP contribution in [0.2, 0.25) is 0 Å². The van der Waals surface area contributed by atoms with Crippen molar-refractivity contribution < 1.29 is 80.8 Å². The van der Waals surface area contributed by atoms with Gasteiger partial charge in [0.2, 0.25) is 11.8 Å². The van der Waals surface area contributed by atoms with Crippen LogP contribution in [0, 0.1) is 0 Å². The number of anilines is 1. The van der Waals surface area contributed by atoms with Gasteiger partial charge in [-0.2, -0.15) is 0 Å². The molecule has 20 heteroatoms. The second-order valence-corrected chi connectivity index (χ2v) is 17.0. The lowest BCUT2D eigenvalue weighted by Gasteiger charge is -2.27. The smallest absolute Gasteiger partial charge is 0.264 e. The standard InChI is InChI=1S/C53H83N3O17/c1-2-3-4-5-6-7-9-44-12-14-45(15-13-44)73-43-42-72-41-40-71-39-38-70-37-36-69-35-34-68-33-32-67-31-30-66-29-28-65-27-26-64-25-24-63-23-22-62-21-20-61-19-18-54-47-11-8-10-46-50(47)53(60)56(52(46)59)48-16-17-49(57)55-51(48)58/h8,10-15,48,54H,2-7,9,16-43H2,1H3,(H,55,57,58). The summed E-state index contributed by atoms with van der Waals surface area (Å²) >= 11 is 0. The summed E-state index contributed by atoms with van der Waals surface area (Å²) in [6.45, 7) is 14.2. The Balaban J connectivity index is 0.774. The quantitative estimate of drug-likeness (QED) is 0.0680. The Labute approximate surface area is 431 Å². The highest BCUT2D eigenvalue weighted by Gasteiger charge is 2.45. The van der Waals surface area contributed by atoms with Gasteiger partial charge in [-0.15, -0.1) is 0 Å². The van der Waals surface area contributed by atoms with E-state index in [1.165, 1.54) is 44.1 Å². The number of nitrogens with zero attached hydrogens (tertiary/aromatic N) is 1. The monoisotopic (exact) mass is 1030 g/mol. The Bertz CT molecular complexity index is 1770. The number of unbranched alkanes of at least 4 members (excludes halogenated alkanes) is 5. The molecule has 2 N–H and O–H groups in total. The molecule has 0 bridgehead atoms. The van der Waals surface area contributed by atoms with E-state index in [4.69, 9.17) is 61.6 Å². The largest absolute Gasteiger partial charge is 0.491 e. The Kier molecular flexibility index (Phi) is 34.6. The van der Waals surface area contributed by atoms with Crippen molar-refractivity contribution in [1.82, 2.24) is 10.2 Å². The molecule has 1 atom stereocenters. The first-order valence-electron chi connectivity index (χ1n) is 26.2. The van der Waals surface area contributed by atoms with Gasteiger partial charge in [-0.3, -0.25) is 29.4 Å². The topological polar surface area (TPSA) is 216 Å². The van der Waals surface area contributed by atoms with E-state index in [9.17, 15) is 19.2 Å². The Hall–Kier alpha value is -4.16. The summed E-state index contributed by atoms with van der Waals surface area (Å²) in [5.74, 6) is -1.30. The minimum Gasteiger partial charge on any atom is -0.491 e. The summed E-state index contributed by atoms with van der Waals surface area (Å²) in [4.78, 5) is 51.0. The predicted octanol–water partition coefficient (Wildman–Crippen LogP) is 4.68. The van der Waals surface area contributed by atoms with E-state index < -0.39 is 29.7 Å². The molecule has 2 aromatic carbocycles. The lowest BCUT2D eigenvalue weighted by molar-refractivity contribution is -0.136. The van der Waals surface area contributed by atoms with Gasteiger partial charge in [0.1, 0.15) is 18.4 Å². The zero-order valence-corrected chi connectivity index (χ0v) is 43.3. The summed E-state index contributed by atoms with van der Waals surface area (Å²) in [7, 11) is 0. The second kappa shape index (κ2) is 41.1. The van der Waals surface area contributed by atoms with Gasteiger partial charge >= 0.3 is 0 Å². The van der Waals surface area contributed by atoms with Gasteiger partial charge in [0.05, 0.1) is 170 Å². The fraction of sp³-hybridized carbons (Fsp3) is 0.698. The molecule has 0 saturated carbocycles. The van der Waals surface area contributed by atoms with E-state index in [2.05, 4.69) is 29.7 Å². The van der Waals surface area contributed by atoms with Crippen LogP contribution >= 0.6 is 0 Å². The minimum absolute atomic E-state index is 0.0630. The molecule has 4 rings (SSSR count). The summed E-state index contributed by atoms with van der Waals surface area (Å²) in [6, 6.07) is 12.3. The van der Waals surface area contributed by atoms with Gasteiger partial charge in [0.15, 0.2) is 0 Å². The highest BCUT2D eigenvalue weighted by molar-refractivity contribution is 6.25. The Morgan fingerprint density at radius 1 is 0.493 bits per heavy atom. The van der Waals surface area contributed by atoms with Crippen LogP contribution in [0.4, 0.5) is 5.69 Å². The number of ether oxygens (including phenoxy) is 13. The molecule has 20 nitrogen and oxygen atoms in total. The lowest BCUT2D eigenvalue weighted by atomic mass is 10.0. The molecule has 1 saturated heterocycles. The number of carbonyl (C=O) groups excluding carboxylic acids is 4. The maximum atomic E-state index is 13.2. The third kappa shape index (κ3) is 27.3. The zero-order chi connectivity index (χ0) is 51.7. The van der Waals surface area contributed by atoms with Crippen molar-refractivity contribution in [2.75, 3.05) is 177 Å². The number of imide groups is 2. The van der Waals surface area contributed by atoms with Crippen LogP contribution in [-0.2, 0) is 72.9 Å². The maximum absolute atomic E-state index is 13.2. The minimum atomic E-state index is -1.01. The first kappa shape index (κ1) is 61.4. The lowest BCUT2D eigenvalue weighted by Crippen LogP contribution is -2.54. The van der Waals surface area contributed by atoms with Gasteiger partial charge in [-0.1, -0.05) is 57.2 Å². The Morgan fingerprint density at radius 3 is 1.37 bits per heavy atom. The van der Waals surface area contributed by atoms with Crippen LogP contribution in [0.5, 0.6) is 5.75 Å². The number of amides is 4. The van der Waals surface area contributed by atoms with E-state index in [0.717, 1.165) is 17.1 Å². The van der Waals surface area contributed by atoms with Gasteiger partial charge in [-0.25, -0.2) is 0 Å². The number of aryl methyl sites for hydroxylation is 1. The summed E-state index contributed by atoms with van der Waals surface area (Å²) < 4.78 is 72.3. The van der Waals surface area contributed by atoms with E-state index in [1.54, 1.807) is 18.2 Å². The van der Waals surface area contributed by atoms with E-state index in [-0.39, 0.29) is 24.0 Å². The highest BCUT2D eigenvalue weighted by atomic mass is 16.6.